The standard InChI is InChI=1S/C17H14F3NO3/c1-11(22)21-14-6-3-7-15(10-14)24-16(23)9-12-4-2-5-13(8-12)17(18,19)20/h2-8,10H,9H2,1H3,(H,21,22). The van der Waals surface area contributed by atoms with Gasteiger partial charge in [0.15, 0.2) is 0 Å². The first-order valence-corrected chi connectivity index (χ1v) is 6.98. The average molecular weight is 337 g/mol. The molecule has 0 heterocycles. The molecule has 0 radical (unpaired) electrons. The minimum absolute atomic E-state index is 0.193. The number of ether oxygens (including phenoxy) is 1. The number of esters is 1. The number of carbonyl (C=O) groups is 2. The van der Waals surface area contributed by atoms with E-state index in [9.17, 15) is 22.8 Å². The predicted octanol–water partition coefficient (Wildman–Crippen LogP) is 3.81. The van der Waals surface area contributed by atoms with Crippen LogP contribution in [0.3, 0.4) is 0 Å². The average Bonchev–Trinajstić information content (AvgIpc) is 2.46. The lowest BCUT2D eigenvalue weighted by molar-refractivity contribution is -0.138. The summed E-state index contributed by atoms with van der Waals surface area (Å²) < 4.78 is 43.0. The smallest absolute Gasteiger partial charge is 0.416 e. The molecule has 0 aliphatic heterocycles. The van der Waals surface area contributed by atoms with Crippen LogP contribution in [0.2, 0.25) is 0 Å². The van der Waals surface area contributed by atoms with Crippen LogP contribution in [0.4, 0.5) is 18.9 Å². The highest BCUT2D eigenvalue weighted by atomic mass is 19.4. The van der Waals surface area contributed by atoms with E-state index in [4.69, 9.17) is 4.74 Å². The molecule has 0 unspecified atom stereocenters. The molecule has 0 aliphatic carbocycles. The van der Waals surface area contributed by atoms with Gasteiger partial charge in [0, 0.05) is 18.7 Å². The van der Waals surface area contributed by atoms with Crippen LogP contribution in [0.1, 0.15) is 18.1 Å². The highest BCUT2D eigenvalue weighted by Crippen LogP contribution is 2.29. The molecular weight excluding hydrogens is 323 g/mol. The van der Waals surface area contributed by atoms with Gasteiger partial charge in [-0.1, -0.05) is 24.3 Å². The third-order valence-corrected chi connectivity index (χ3v) is 2.99. The first kappa shape index (κ1) is 17.5. The molecule has 1 amide bonds. The Labute approximate surface area is 136 Å². The van der Waals surface area contributed by atoms with Crippen molar-refractivity contribution in [1.29, 1.82) is 0 Å². The van der Waals surface area contributed by atoms with E-state index in [1.54, 1.807) is 12.1 Å². The Balaban J connectivity index is 2.05. The van der Waals surface area contributed by atoms with E-state index >= 15 is 0 Å². The molecule has 0 bridgehead atoms. The molecule has 4 nitrogen and oxygen atoms in total. The van der Waals surface area contributed by atoms with E-state index < -0.39 is 17.7 Å². The van der Waals surface area contributed by atoms with Crippen molar-refractivity contribution in [2.24, 2.45) is 0 Å². The van der Waals surface area contributed by atoms with Gasteiger partial charge in [-0.25, -0.2) is 0 Å². The Hall–Kier alpha value is -2.83. The van der Waals surface area contributed by atoms with Gasteiger partial charge in [-0.15, -0.1) is 0 Å². The Morgan fingerprint density at radius 3 is 2.46 bits per heavy atom. The molecule has 126 valence electrons. The van der Waals surface area contributed by atoms with E-state index in [2.05, 4.69) is 5.32 Å². The number of amides is 1. The fourth-order valence-corrected chi connectivity index (χ4v) is 2.03. The fraction of sp³-hybridized carbons (Fsp3) is 0.176. The van der Waals surface area contributed by atoms with E-state index in [0.29, 0.717) is 5.69 Å². The molecule has 7 heteroatoms. The van der Waals surface area contributed by atoms with Gasteiger partial charge in [0.25, 0.3) is 0 Å². The lowest BCUT2D eigenvalue weighted by Gasteiger charge is -2.09. The minimum atomic E-state index is -4.47. The van der Waals surface area contributed by atoms with Gasteiger partial charge >= 0.3 is 12.1 Å². The van der Waals surface area contributed by atoms with Crippen LogP contribution < -0.4 is 10.1 Å². The highest BCUT2D eigenvalue weighted by molar-refractivity contribution is 5.89. The third-order valence-electron chi connectivity index (χ3n) is 2.99. The van der Waals surface area contributed by atoms with Gasteiger partial charge < -0.3 is 10.1 Å². The summed E-state index contributed by atoms with van der Waals surface area (Å²) >= 11 is 0. The summed E-state index contributed by atoms with van der Waals surface area (Å²) in [5.41, 5.74) is -0.167. The summed E-state index contributed by atoms with van der Waals surface area (Å²) in [5.74, 6) is -0.782. The van der Waals surface area contributed by atoms with Gasteiger partial charge in [0.1, 0.15) is 5.75 Å². The third kappa shape index (κ3) is 5.12. The van der Waals surface area contributed by atoms with Crippen LogP contribution in [-0.4, -0.2) is 11.9 Å². The molecule has 0 atom stereocenters. The zero-order chi connectivity index (χ0) is 17.7. The Morgan fingerprint density at radius 2 is 1.79 bits per heavy atom. The van der Waals surface area contributed by atoms with Gasteiger partial charge in [-0.3, -0.25) is 9.59 Å². The Morgan fingerprint density at radius 1 is 1.08 bits per heavy atom. The number of benzene rings is 2. The highest BCUT2D eigenvalue weighted by Gasteiger charge is 2.30. The normalized spacial score (nSPS) is 11.0. The van der Waals surface area contributed by atoms with Crippen molar-refractivity contribution < 1.29 is 27.5 Å². The zero-order valence-electron chi connectivity index (χ0n) is 12.7. The lowest BCUT2D eigenvalue weighted by atomic mass is 10.1. The van der Waals surface area contributed by atoms with Crippen molar-refractivity contribution in [3.63, 3.8) is 0 Å². The first-order valence-electron chi connectivity index (χ1n) is 6.98. The summed E-state index contributed by atoms with van der Waals surface area (Å²) in [6.45, 7) is 1.34. The van der Waals surface area contributed by atoms with Gasteiger partial charge in [-0.2, -0.15) is 13.2 Å². The van der Waals surface area contributed by atoms with Crippen LogP contribution in [0.25, 0.3) is 0 Å². The molecule has 0 spiro atoms. The van der Waals surface area contributed by atoms with Crippen LogP contribution >= 0.6 is 0 Å². The molecule has 2 aromatic rings. The van der Waals surface area contributed by atoms with Crippen LogP contribution in [0.5, 0.6) is 5.75 Å². The van der Waals surface area contributed by atoms with E-state index in [1.165, 1.54) is 31.2 Å². The summed E-state index contributed by atoms with van der Waals surface area (Å²) in [7, 11) is 0. The second kappa shape index (κ2) is 7.16. The number of carbonyl (C=O) groups excluding carboxylic acids is 2. The SMILES string of the molecule is CC(=O)Nc1cccc(OC(=O)Cc2cccc(C(F)(F)F)c2)c1. The molecule has 1 N–H and O–H groups in total. The molecule has 2 rings (SSSR count). The van der Waals surface area contributed by atoms with Gasteiger partial charge in [0.2, 0.25) is 5.91 Å². The number of hydrogen-bond acceptors (Lipinski definition) is 3. The molecule has 0 aromatic heterocycles. The quantitative estimate of drug-likeness (QED) is 0.682. The topological polar surface area (TPSA) is 55.4 Å². The Kier molecular flexibility index (Phi) is 5.23. The lowest BCUT2D eigenvalue weighted by Crippen LogP contribution is -2.13. The maximum absolute atomic E-state index is 12.7. The van der Waals surface area contributed by atoms with Crippen molar-refractivity contribution in [1.82, 2.24) is 0 Å². The number of halogens is 3. The summed E-state index contributed by atoms with van der Waals surface area (Å²) in [4.78, 5) is 22.9. The summed E-state index contributed by atoms with van der Waals surface area (Å²) in [6, 6.07) is 10.7. The van der Waals surface area contributed by atoms with Crippen molar-refractivity contribution in [3.8, 4) is 5.75 Å². The van der Waals surface area contributed by atoms with Crippen LogP contribution in [-0.2, 0) is 22.2 Å². The fourth-order valence-electron chi connectivity index (χ4n) is 2.03. The number of hydrogen-bond donors (Lipinski definition) is 1. The van der Waals surface area contributed by atoms with Crippen molar-refractivity contribution in [2.75, 3.05) is 5.32 Å². The molecule has 0 saturated carbocycles. The molecule has 0 saturated heterocycles. The number of nitrogens with one attached hydrogen (secondary N) is 1. The van der Waals surface area contributed by atoms with Crippen molar-refractivity contribution >= 4 is 17.6 Å². The van der Waals surface area contributed by atoms with Crippen molar-refractivity contribution in [2.45, 2.75) is 19.5 Å². The monoisotopic (exact) mass is 337 g/mol. The van der Waals surface area contributed by atoms with Crippen LogP contribution in [0.15, 0.2) is 48.5 Å². The first-order chi connectivity index (χ1) is 11.2. The summed E-state index contributed by atoms with van der Waals surface area (Å²) in [5, 5.41) is 2.54. The number of anilines is 1. The van der Waals surface area contributed by atoms with Crippen molar-refractivity contribution in [3.05, 3.63) is 59.7 Å². The second-order valence-electron chi connectivity index (χ2n) is 5.06. The zero-order valence-corrected chi connectivity index (χ0v) is 12.7. The summed E-state index contributed by atoms with van der Waals surface area (Å²) in [6.07, 6.45) is -4.76. The molecule has 24 heavy (non-hydrogen) atoms. The van der Waals surface area contributed by atoms with Gasteiger partial charge in [0.05, 0.1) is 12.0 Å². The van der Waals surface area contributed by atoms with Gasteiger partial charge in [-0.05, 0) is 23.8 Å². The molecule has 0 aliphatic rings. The van der Waals surface area contributed by atoms with E-state index in [-0.39, 0.29) is 23.6 Å². The van der Waals surface area contributed by atoms with E-state index in [1.807, 2.05) is 0 Å². The Bertz CT molecular complexity index is 757. The largest absolute Gasteiger partial charge is 0.426 e. The number of rotatable bonds is 4. The minimum Gasteiger partial charge on any atom is -0.426 e. The molecule has 2 aromatic carbocycles. The second-order valence-corrected chi connectivity index (χ2v) is 5.06. The number of alkyl halides is 3. The molecule has 0 fully saturated rings. The van der Waals surface area contributed by atoms with Crippen LogP contribution in [0, 0.1) is 0 Å². The predicted molar refractivity (Wildman–Crippen MR) is 81.5 cm³/mol. The maximum Gasteiger partial charge on any atom is 0.416 e. The maximum atomic E-state index is 12.7. The van der Waals surface area contributed by atoms with E-state index in [0.717, 1.165) is 12.1 Å². The molecular formula is C17H14F3NO3.